The van der Waals surface area contributed by atoms with Gasteiger partial charge in [0.25, 0.3) is 11.5 Å². The number of aromatic nitrogens is 3. The fourth-order valence-corrected chi connectivity index (χ4v) is 4.01. The molecule has 1 saturated heterocycles. The molecule has 0 saturated carbocycles. The Morgan fingerprint density at radius 1 is 1.00 bits per heavy atom. The number of hydrogen-bond acceptors (Lipinski definition) is 6. The van der Waals surface area contributed by atoms with Crippen LogP contribution in [0.4, 0.5) is 0 Å². The Morgan fingerprint density at radius 3 is 2.26 bits per heavy atom. The highest BCUT2D eigenvalue weighted by atomic mass is 16.5. The maximum absolute atomic E-state index is 13.4. The van der Waals surface area contributed by atoms with E-state index in [0.29, 0.717) is 43.1 Å². The molecule has 1 aliphatic rings. The Bertz CT molecular complexity index is 1270. The minimum Gasteiger partial charge on any atom is -0.497 e. The van der Waals surface area contributed by atoms with E-state index in [-0.39, 0.29) is 18.1 Å². The van der Waals surface area contributed by atoms with Gasteiger partial charge in [-0.25, -0.2) is 9.97 Å². The van der Waals surface area contributed by atoms with Crippen molar-refractivity contribution in [1.29, 1.82) is 0 Å². The van der Waals surface area contributed by atoms with Gasteiger partial charge in [-0.1, -0.05) is 32.9 Å². The number of ether oxygens (including phenoxy) is 1. The summed E-state index contributed by atoms with van der Waals surface area (Å²) in [4.78, 5) is 51.4. The van der Waals surface area contributed by atoms with Crippen molar-refractivity contribution in [2.24, 2.45) is 5.41 Å². The molecular weight excluding hydrogens is 434 g/mol. The van der Waals surface area contributed by atoms with E-state index in [4.69, 9.17) is 4.74 Å². The highest BCUT2D eigenvalue weighted by Crippen LogP contribution is 2.19. The van der Waals surface area contributed by atoms with Crippen molar-refractivity contribution in [3.63, 3.8) is 0 Å². The van der Waals surface area contributed by atoms with E-state index in [9.17, 15) is 14.4 Å². The van der Waals surface area contributed by atoms with Gasteiger partial charge < -0.3 is 14.5 Å². The molecule has 0 aliphatic carbocycles. The van der Waals surface area contributed by atoms with Crippen LogP contribution >= 0.6 is 0 Å². The van der Waals surface area contributed by atoms with Gasteiger partial charge in [-0.3, -0.25) is 19.0 Å². The summed E-state index contributed by atoms with van der Waals surface area (Å²) in [6.45, 7) is 7.44. The molecule has 3 heterocycles. The highest BCUT2D eigenvalue weighted by Gasteiger charge is 2.32. The molecule has 2 amide bonds. The predicted molar refractivity (Wildman–Crippen MR) is 128 cm³/mol. The van der Waals surface area contributed by atoms with Crippen LogP contribution in [0.15, 0.2) is 47.4 Å². The summed E-state index contributed by atoms with van der Waals surface area (Å²) < 4.78 is 6.69. The molecule has 1 fully saturated rings. The third-order valence-corrected chi connectivity index (χ3v) is 5.90. The van der Waals surface area contributed by atoms with E-state index >= 15 is 0 Å². The number of hydrogen-bond donors (Lipinski definition) is 0. The Kier molecular flexibility index (Phi) is 6.37. The Balaban J connectivity index is 1.63. The molecule has 0 atom stereocenters. The van der Waals surface area contributed by atoms with Crippen LogP contribution in [0.25, 0.3) is 11.2 Å². The number of benzene rings is 1. The number of methoxy groups -OCH3 is 1. The summed E-state index contributed by atoms with van der Waals surface area (Å²) in [6.07, 6.45) is 1.60. The van der Waals surface area contributed by atoms with Crippen LogP contribution in [-0.2, 0) is 11.3 Å². The van der Waals surface area contributed by atoms with E-state index in [1.807, 2.05) is 45.0 Å². The Morgan fingerprint density at radius 2 is 1.65 bits per heavy atom. The topological polar surface area (TPSA) is 97.6 Å². The molecule has 0 radical (unpaired) electrons. The summed E-state index contributed by atoms with van der Waals surface area (Å²) in [5.41, 5.74) is 0.661. The van der Waals surface area contributed by atoms with Gasteiger partial charge in [0.05, 0.1) is 13.7 Å². The number of piperazine rings is 1. The molecule has 9 heteroatoms. The monoisotopic (exact) mass is 463 g/mol. The fraction of sp³-hybridized carbons (Fsp3) is 0.400. The van der Waals surface area contributed by atoms with Crippen LogP contribution in [0.2, 0.25) is 0 Å². The SMILES string of the molecule is COc1ccc(Cn2c(=O)c(C(=O)N3CCN(C(=O)C(C)(C)C)CC3)nc3cccnc32)cc1. The van der Waals surface area contributed by atoms with Crippen LogP contribution in [0, 0.1) is 5.41 Å². The number of carbonyl (C=O) groups excluding carboxylic acids is 2. The van der Waals surface area contributed by atoms with Gasteiger partial charge in [0.2, 0.25) is 5.91 Å². The van der Waals surface area contributed by atoms with Crippen LogP contribution in [0.3, 0.4) is 0 Å². The van der Waals surface area contributed by atoms with Crippen molar-refractivity contribution in [2.45, 2.75) is 27.3 Å². The minimum atomic E-state index is -0.486. The molecule has 34 heavy (non-hydrogen) atoms. The first kappa shape index (κ1) is 23.4. The van der Waals surface area contributed by atoms with Gasteiger partial charge in [0.1, 0.15) is 11.3 Å². The minimum absolute atomic E-state index is 0.0522. The van der Waals surface area contributed by atoms with Gasteiger partial charge in [0.15, 0.2) is 11.3 Å². The summed E-state index contributed by atoms with van der Waals surface area (Å²) in [7, 11) is 1.59. The van der Waals surface area contributed by atoms with Gasteiger partial charge in [0, 0.05) is 37.8 Å². The lowest BCUT2D eigenvalue weighted by atomic mass is 9.94. The average molecular weight is 464 g/mol. The lowest BCUT2D eigenvalue weighted by Crippen LogP contribution is -2.53. The van der Waals surface area contributed by atoms with Gasteiger partial charge in [-0.05, 0) is 29.8 Å². The number of carbonyl (C=O) groups is 2. The summed E-state index contributed by atoms with van der Waals surface area (Å²) >= 11 is 0. The second kappa shape index (κ2) is 9.24. The molecule has 3 aromatic rings. The number of nitrogens with zero attached hydrogens (tertiary/aromatic N) is 5. The lowest BCUT2D eigenvalue weighted by molar-refractivity contribution is -0.140. The first-order valence-electron chi connectivity index (χ1n) is 11.3. The zero-order valence-electron chi connectivity index (χ0n) is 19.9. The van der Waals surface area contributed by atoms with E-state index in [2.05, 4.69) is 9.97 Å². The van der Waals surface area contributed by atoms with Crippen molar-refractivity contribution < 1.29 is 14.3 Å². The molecule has 0 N–H and O–H groups in total. The van der Waals surface area contributed by atoms with Crippen molar-refractivity contribution in [1.82, 2.24) is 24.3 Å². The predicted octanol–water partition coefficient (Wildman–Crippen LogP) is 2.18. The average Bonchev–Trinajstić information content (AvgIpc) is 2.84. The van der Waals surface area contributed by atoms with Gasteiger partial charge >= 0.3 is 0 Å². The first-order valence-corrected chi connectivity index (χ1v) is 11.3. The fourth-order valence-electron chi connectivity index (χ4n) is 4.01. The van der Waals surface area contributed by atoms with Crippen molar-refractivity contribution in [3.8, 4) is 5.75 Å². The number of rotatable bonds is 4. The second-order valence-electron chi connectivity index (χ2n) is 9.38. The number of fused-ring (bicyclic) bond motifs is 1. The van der Waals surface area contributed by atoms with Crippen molar-refractivity contribution >= 4 is 23.0 Å². The lowest BCUT2D eigenvalue weighted by Gasteiger charge is -2.37. The van der Waals surface area contributed by atoms with E-state index < -0.39 is 16.9 Å². The Labute approximate surface area is 198 Å². The maximum Gasteiger partial charge on any atom is 0.284 e. The molecule has 1 aromatic carbocycles. The van der Waals surface area contributed by atoms with Gasteiger partial charge in [-0.15, -0.1) is 0 Å². The number of amides is 2. The van der Waals surface area contributed by atoms with E-state index in [1.54, 1.807) is 35.2 Å². The quantitative estimate of drug-likeness (QED) is 0.588. The molecule has 1 aliphatic heterocycles. The maximum atomic E-state index is 13.4. The third kappa shape index (κ3) is 4.64. The van der Waals surface area contributed by atoms with Crippen LogP contribution in [0.1, 0.15) is 36.8 Å². The highest BCUT2D eigenvalue weighted by molar-refractivity contribution is 5.94. The summed E-state index contributed by atoms with van der Waals surface area (Å²) in [6, 6.07) is 10.8. The van der Waals surface area contributed by atoms with Crippen molar-refractivity contribution in [3.05, 3.63) is 64.2 Å². The molecule has 0 spiro atoms. The van der Waals surface area contributed by atoms with E-state index in [0.717, 1.165) is 5.56 Å². The molecule has 0 bridgehead atoms. The first-order chi connectivity index (χ1) is 16.2. The standard InChI is InChI=1S/C25H29N5O4/c1-25(2,3)24(33)29-14-12-28(13-15-29)22(31)20-23(32)30(21-19(27-20)6-5-11-26-21)16-17-7-9-18(34-4)10-8-17/h5-11H,12-16H2,1-4H3. The molecule has 9 nitrogen and oxygen atoms in total. The number of pyridine rings is 1. The summed E-state index contributed by atoms with van der Waals surface area (Å²) in [5.74, 6) is 0.340. The molecule has 178 valence electrons. The Hall–Kier alpha value is -3.75. The third-order valence-electron chi connectivity index (χ3n) is 5.90. The zero-order valence-corrected chi connectivity index (χ0v) is 19.9. The van der Waals surface area contributed by atoms with Crippen LogP contribution < -0.4 is 10.3 Å². The van der Waals surface area contributed by atoms with Crippen LogP contribution in [-0.4, -0.2) is 69.4 Å². The second-order valence-corrected chi connectivity index (χ2v) is 9.38. The molecule has 0 unspecified atom stereocenters. The van der Waals surface area contributed by atoms with Crippen molar-refractivity contribution in [2.75, 3.05) is 33.3 Å². The zero-order chi connectivity index (χ0) is 24.5. The molecule has 4 rings (SSSR count). The van der Waals surface area contributed by atoms with Crippen LogP contribution in [0.5, 0.6) is 5.75 Å². The molecule has 2 aromatic heterocycles. The normalized spacial score (nSPS) is 14.4. The van der Waals surface area contributed by atoms with E-state index in [1.165, 1.54) is 4.57 Å². The summed E-state index contributed by atoms with van der Waals surface area (Å²) in [5, 5.41) is 0. The van der Waals surface area contributed by atoms with Gasteiger partial charge in [-0.2, -0.15) is 0 Å². The largest absolute Gasteiger partial charge is 0.497 e. The smallest absolute Gasteiger partial charge is 0.284 e. The molecular formula is C25H29N5O4.